The summed E-state index contributed by atoms with van der Waals surface area (Å²) in [6, 6.07) is 7.72. The molecule has 2 aromatic heterocycles. The number of thioether (sulfide) groups is 1. The first-order valence-electron chi connectivity index (χ1n) is 6.88. The van der Waals surface area contributed by atoms with Crippen LogP contribution in [-0.2, 0) is 5.75 Å². The second kappa shape index (κ2) is 6.81. The zero-order valence-electron chi connectivity index (χ0n) is 12.2. The Hall–Kier alpha value is -1.37. The van der Waals surface area contributed by atoms with E-state index in [2.05, 4.69) is 29.1 Å². The molecule has 1 aromatic carbocycles. The van der Waals surface area contributed by atoms with Gasteiger partial charge in [-0.25, -0.2) is 0 Å². The van der Waals surface area contributed by atoms with Crippen molar-refractivity contribution in [2.75, 3.05) is 0 Å². The van der Waals surface area contributed by atoms with Gasteiger partial charge in [0, 0.05) is 5.02 Å². The molecular weight excluding hydrogens is 336 g/mol. The summed E-state index contributed by atoms with van der Waals surface area (Å²) >= 11 is 9.34. The number of fused-ring (bicyclic) bond motifs is 1. The lowest BCUT2D eigenvalue weighted by atomic mass is 10.2. The molecular formula is C15H15ClN4S2. The van der Waals surface area contributed by atoms with Gasteiger partial charge in [0.05, 0.1) is 5.75 Å². The maximum atomic E-state index is 5.98. The van der Waals surface area contributed by atoms with Crippen molar-refractivity contribution in [1.82, 2.24) is 19.8 Å². The molecule has 0 saturated carbocycles. The van der Waals surface area contributed by atoms with Crippen LogP contribution in [0, 0.1) is 0 Å². The number of hydrogen-bond acceptors (Lipinski definition) is 5. The van der Waals surface area contributed by atoms with Crippen molar-refractivity contribution in [2.24, 2.45) is 0 Å². The summed E-state index contributed by atoms with van der Waals surface area (Å²) < 4.78 is 1.83. The fraction of sp³-hybridized carbons (Fsp3) is 0.267. The summed E-state index contributed by atoms with van der Waals surface area (Å²) in [6.07, 6.45) is 3.98. The fourth-order valence-corrected chi connectivity index (χ4v) is 3.47. The predicted molar refractivity (Wildman–Crippen MR) is 95.5 cm³/mol. The van der Waals surface area contributed by atoms with Gasteiger partial charge in [0.15, 0.2) is 5.82 Å². The van der Waals surface area contributed by atoms with Crippen molar-refractivity contribution in [2.45, 2.75) is 24.9 Å². The highest BCUT2D eigenvalue weighted by Gasteiger charge is 2.11. The fourth-order valence-electron chi connectivity index (χ4n) is 1.85. The molecule has 22 heavy (non-hydrogen) atoms. The molecule has 0 spiro atoms. The van der Waals surface area contributed by atoms with E-state index in [-0.39, 0.29) is 0 Å². The summed E-state index contributed by atoms with van der Waals surface area (Å²) in [5, 5.41) is 15.1. The van der Waals surface area contributed by atoms with Gasteiger partial charge in [0.2, 0.25) is 4.96 Å². The Morgan fingerprint density at radius 1 is 1.32 bits per heavy atom. The van der Waals surface area contributed by atoms with Crippen LogP contribution in [0.4, 0.5) is 0 Å². The molecule has 0 aliphatic heterocycles. The van der Waals surface area contributed by atoms with Crippen molar-refractivity contribution in [3.05, 3.63) is 45.7 Å². The quantitative estimate of drug-likeness (QED) is 0.671. The van der Waals surface area contributed by atoms with Crippen LogP contribution in [0.2, 0.25) is 5.02 Å². The van der Waals surface area contributed by atoms with E-state index in [9.17, 15) is 0 Å². The normalized spacial score (nSPS) is 12.0. The van der Waals surface area contributed by atoms with Gasteiger partial charge in [-0.3, -0.25) is 0 Å². The Balaban J connectivity index is 1.80. The van der Waals surface area contributed by atoms with Crippen molar-refractivity contribution in [1.29, 1.82) is 0 Å². The molecule has 0 atom stereocenters. The molecule has 0 bridgehead atoms. The highest BCUT2D eigenvalue weighted by molar-refractivity contribution is 7.99. The molecule has 0 aliphatic carbocycles. The third-order valence-corrected chi connectivity index (χ3v) is 5.07. The predicted octanol–water partition coefficient (Wildman–Crippen LogP) is 4.65. The number of halogens is 1. The van der Waals surface area contributed by atoms with Gasteiger partial charge in [-0.2, -0.15) is 21.4 Å². The maximum absolute atomic E-state index is 5.98. The van der Waals surface area contributed by atoms with E-state index in [1.54, 1.807) is 0 Å². The SMILES string of the molecule is CC(C)SCc1nnc2sc(C=Cc3cccc(Cl)c3)nn12. The van der Waals surface area contributed by atoms with E-state index in [4.69, 9.17) is 11.6 Å². The number of benzene rings is 1. The largest absolute Gasteiger partial charge is 0.234 e. The van der Waals surface area contributed by atoms with Crippen molar-refractivity contribution in [3.63, 3.8) is 0 Å². The molecule has 7 heteroatoms. The molecule has 0 N–H and O–H groups in total. The monoisotopic (exact) mass is 350 g/mol. The maximum Gasteiger partial charge on any atom is 0.234 e. The lowest BCUT2D eigenvalue weighted by molar-refractivity contribution is 0.878. The number of rotatable bonds is 5. The van der Waals surface area contributed by atoms with Gasteiger partial charge >= 0.3 is 0 Å². The molecule has 0 fully saturated rings. The zero-order chi connectivity index (χ0) is 15.5. The van der Waals surface area contributed by atoms with Gasteiger partial charge in [-0.05, 0) is 29.0 Å². The number of aromatic nitrogens is 4. The summed E-state index contributed by atoms with van der Waals surface area (Å²) in [7, 11) is 0. The third kappa shape index (κ3) is 3.69. The van der Waals surface area contributed by atoms with Gasteiger partial charge in [0.1, 0.15) is 5.01 Å². The summed E-state index contributed by atoms with van der Waals surface area (Å²) in [6.45, 7) is 4.34. The van der Waals surface area contributed by atoms with Crippen molar-refractivity contribution in [3.8, 4) is 0 Å². The lowest BCUT2D eigenvalue weighted by Gasteiger charge is -2.00. The second-order valence-electron chi connectivity index (χ2n) is 5.00. The zero-order valence-corrected chi connectivity index (χ0v) is 14.6. The van der Waals surface area contributed by atoms with Crippen molar-refractivity contribution < 1.29 is 0 Å². The molecule has 0 aliphatic rings. The molecule has 0 radical (unpaired) electrons. The van der Waals surface area contributed by atoms with Crippen molar-refractivity contribution >= 4 is 51.8 Å². The first kappa shape index (κ1) is 15.5. The summed E-state index contributed by atoms with van der Waals surface area (Å²) in [4.78, 5) is 0.824. The van der Waals surface area contributed by atoms with E-state index < -0.39 is 0 Å². The van der Waals surface area contributed by atoms with E-state index in [1.165, 1.54) is 11.3 Å². The van der Waals surface area contributed by atoms with E-state index >= 15 is 0 Å². The smallest absolute Gasteiger partial charge is 0.186 e. The summed E-state index contributed by atoms with van der Waals surface area (Å²) in [5.41, 5.74) is 1.05. The average Bonchev–Trinajstić information content (AvgIpc) is 3.03. The van der Waals surface area contributed by atoms with Crippen LogP contribution in [-0.4, -0.2) is 25.1 Å². The van der Waals surface area contributed by atoms with Crippen LogP contribution in [0.1, 0.15) is 30.2 Å². The molecule has 0 saturated heterocycles. The summed E-state index contributed by atoms with van der Waals surface area (Å²) in [5.74, 6) is 1.72. The minimum absolute atomic E-state index is 0.563. The molecule has 3 rings (SSSR count). The van der Waals surface area contributed by atoms with Crippen LogP contribution in [0.25, 0.3) is 17.1 Å². The second-order valence-corrected chi connectivity index (χ2v) is 7.99. The van der Waals surface area contributed by atoms with E-state index in [0.717, 1.165) is 32.1 Å². The Morgan fingerprint density at radius 2 is 2.18 bits per heavy atom. The topological polar surface area (TPSA) is 43.1 Å². The Bertz CT molecular complexity index is 807. The minimum atomic E-state index is 0.563. The standard InChI is InChI=1S/C15H15ClN4S2/c1-10(2)21-9-13-17-18-15-20(13)19-14(22-15)7-6-11-4-3-5-12(16)8-11/h3-8,10H,9H2,1-2H3. The van der Waals surface area contributed by atoms with E-state index in [1.807, 2.05) is 52.7 Å². The van der Waals surface area contributed by atoms with Gasteiger partial charge in [0.25, 0.3) is 0 Å². The molecule has 114 valence electrons. The molecule has 0 unspecified atom stereocenters. The van der Waals surface area contributed by atoms with Gasteiger partial charge < -0.3 is 0 Å². The molecule has 0 amide bonds. The number of hydrogen-bond donors (Lipinski definition) is 0. The first-order chi connectivity index (χ1) is 10.6. The highest BCUT2D eigenvalue weighted by atomic mass is 35.5. The molecule has 3 aromatic rings. The van der Waals surface area contributed by atoms with Crippen LogP contribution in [0.15, 0.2) is 24.3 Å². The highest BCUT2D eigenvalue weighted by Crippen LogP contribution is 2.21. The Morgan fingerprint density at radius 3 is 2.95 bits per heavy atom. The number of nitrogens with zero attached hydrogens (tertiary/aromatic N) is 4. The lowest BCUT2D eigenvalue weighted by Crippen LogP contribution is -1.96. The molecule has 4 nitrogen and oxygen atoms in total. The van der Waals surface area contributed by atoms with Crippen LogP contribution in [0.5, 0.6) is 0 Å². The van der Waals surface area contributed by atoms with E-state index in [0.29, 0.717) is 5.25 Å². The molecule has 2 heterocycles. The van der Waals surface area contributed by atoms with Gasteiger partial charge in [-0.1, -0.05) is 55.0 Å². The Labute approximate surface area is 142 Å². The van der Waals surface area contributed by atoms with Gasteiger partial charge in [-0.15, -0.1) is 10.2 Å². The Kier molecular flexibility index (Phi) is 4.81. The van der Waals surface area contributed by atoms with Crippen LogP contribution >= 0.6 is 34.7 Å². The van der Waals surface area contributed by atoms with Crippen LogP contribution in [0.3, 0.4) is 0 Å². The minimum Gasteiger partial charge on any atom is -0.186 e. The van der Waals surface area contributed by atoms with Crippen LogP contribution < -0.4 is 0 Å². The average molecular weight is 351 g/mol. The third-order valence-electron chi connectivity index (χ3n) is 2.88. The first-order valence-corrected chi connectivity index (χ1v) is 9.12.